The van der Waals surface area contributed by atoms with Gasteiger partial charge in [-0.15, -0.1) is 0 Å². The highest BCUT2D eigenvalue weighted by molar-refractivity contribution is 9.10. The largest absolute Gasteiger partial charge is 0.314 e. The Morgan fingerprint density at radius 3 is 3.13 bits per heavy atom. The summed E-state index contributed by atoms with van der Waals surface area (Å²) in [6.07, 6.45) is 1.94. The predicted molar refractivity (Wildman–Crippen MR) is 64.7 cm³/mol. The molecule has 1 aliphatic rings. The van der Waals surface area contributed by atoms with Crippen LogP contribution in [-0.4, -0.2) is 35.6 Å². The second-order valence-electron chi connectivity index (χ2n) is 4.01. The summed E-state index contributed by atoms with van der Waals surface area (Å²) in [6, 6.07) is 4.75. The van der Waals surface area contributed by atoms with Crippen molar-refractivity contribution in [3.05, 3.63) is 28.5 Å². The first-order valence-corrected chi connectivity index (χ1v) is 6.10. The van der Waals surface area contributed by atoms with Crippen LogP contribution in [0.2, 0.25) is 0 Å². The first-order valence-electron chi connectivity index (χ1n) is 5.31. The number of rotatable bonds is 2. The molecule has 0 spiro atoms. The molecule has 0 bridgehead atoms. The van der Waals surface area contributed by atoms with Crippen LogP contribution in [0.15, 0.2) is 22.9 Å². The Labute approximate surface area is 99.0 Å². The maximum Gasteiger partial charge on any atom is 0.106 e. The summed E-state index contributed by atoms with van der Waals surface area (Å²) in [5, 5.41) is 3.39. The molecule has 82 valence electrons. The van der Waals surface area contributed by atoms with E-state index in [1.54, 1.807) is 0 Å². The molecule has 3 nitrogen and oxygen atoms in total. The molecule has 1 fully saturated rings. The lowest BCUT2D eigenvalue weighted by atomic mass is 10.2. The molecular weight excluding hydrogens is 254 g/mol. The van der Waals surface area contributed by atoms with Crippen LogP contribution in [0.25, 0.3) is 0 Å². The van der Waals surface area contributed by atoms with Crippen molar-refractivity contribution in [1.29, 1.82) is 0 Å². The molecule has 1 aliphatic heterocycles. The van der Waals surface area contributed by atoms with Crippen molar-refractivity contribution in [3.8, 4) is 0 Å². The van der Waals surface area contributed by atoms with Crippen molar-refractivity contribution < 1.29 is 0 Å². The van der Waals surface area contributed by atoms with Gasteiger partial charge in [-0.1, -0.05) is 6.07 Å². The van der Waals surface area contributed by atoms with Crippen molar-refractivity contribution in [1.82, 2.24) is 15.2 Å². The van der Waals surface area contributed by atoms with Gasteiger partial charge in [-0.2, -0.15) is 0 Å². The zero-order valence-electron chi connectivity index (χ0n) is 8.91. The van der Waals surface area contributed by atoms with Gasteiger partial charge in [-0.3, -0.25) is 4.90 Å². The molecular formula is C11H16BrN3. The van der Waals surface area contributed by atoms with E-state index in [-0.39, 0.29) is 0 Å². The molecule has 1 aromatic rings. The van der Waals surface area contributed by atoms with Gasteiger partial charge < -0.3 is 5.32 Å². The Hall–Kier alpha value is -0.450. The summed E-state index contributed by atoms with van der Waals surface area (Å²) in [5.41, 5.74) is 1.28. The number of hydrogen-bond donors (Lipinski definition) is 1. The van der Waals surface area contributed by atoms with Gasteiger partial charge in [0.15, 0.2) is 0 Å². The molecule has 0 amide bonds. The van der Waals surface area contributed by atoms with Crippen LogP contribution < -0.4 is 5.32 Å². The molecule has 0 aromatic carbocycles. The van der Waals surface area contributed by atoms with Crippen molar-refractivity contribution in [2.75, 3.05) is 19.6 Å². The van der Waals surface area contributed by atoms with Gasteiger partial charge in [0.25, 0.3) is 0 Å². The van der Waals surface area contributed by atoms with Crippen molar-refractivity contribution in [2.24, 2.45) is 0 Å². The Morgan fingerprint density at radius 2 is 2.47 bits per heavy atom. The van der Waals surface area contributed by atoms with E-state index in [9.17, 15) is 0 Å². The smallest absolute Gasteiger partial charge is 0.106 e. The van der Waals surface area contributed by atoms with E-state index in [1.807, 2.05) is 12.3 Å². The van der Waals surface area contributed by atoms with Gasteiger partial charge in [0, 0.05) is 38.4 Å². The summed E-state index contributed by atoms with van der Waals surface area (Å²) in [4.78, 5) is 6.73. The number of pyridine rings is 1. The fraction of sp³-hybridized carbons (Fsp3) is 0.545. The van der Waals surface area contributed by atoms with E-state index in [0.29, 0.717) is 6.04 Å². The van der Waals surface area contributed by atoms with Crippen LogP contribution in [0.4, 0.5) is 0 Å². The van der Waals surface area contributed by atoms with Gasteiger partial charge in [-0.25, -0.2) is 4.98 Å². The van der Waals surface area contributed by atoms with E-state index < -0.39 is 0 Å². The first kappa shape index (κ1) is 11.0. The van der Waals surface area contributed by atoms with Crippen LogP contribution in [0, 0.1) is 0 Å². The zero-order chi connectivity index (χ0) is 10.7. The molecule has 0 saturated carbocycles. The van der Waals surface area contributed by atoms with Gasteiger partial charge >= 0.3 is 0 Å². The van der Waals surface area contributed by atoms with Gasteiger partial charge in [-0.05, 0) is 34.5 Å². The van der Waals surface area contributed by atoms with E-state index in [1.165, 1.54) is 5.56 Å². The number of nitrogens with zero attached hydrogens (tertiary/aromatic N) is 2. The summed E-state index contributed by atoms with van der Waals surface area (Å²) in [7, 11) is 0. The standard InChI is InChI=1S/C11H16BrN3/c1-9-6-13-4-5-15(9)8-10-2-3-11(12)14-7-10/h2-3,7,9,13H,4-6,8H2,1H3/t9-/m0/s1. The molecule has 2 rings (SSSR count). The van der Waals surface area contributed by atoms with Crippen LogP contribution in [0.5, 0.6) is 0 Å². The molecule has 15 heavy (non-hydrogen) atoms. The molecule has 1 atom stereocenters. The molecule has 4 heteroatoms. The summed E-state index contributed by atoms with van der Waals surface area (Å²) in [5.74, 6) is 0. The van der Waals surface area contributed by atoms with Gasteiger partial charge in [0.2, 0.25) is 0 Å². The lowest BCUT2D eigenvalue weighted by molar-refractivity contribution is 0.165. The second-order valence-corrected chi connectivity index (χ2v) is 4.83. The molecule has 0 radical (unpaired) electrons. The quantitative estimate of drug-likeness (QED) is 0.828. The zero-order valence-corrected chi connectivity index (χ0v) is 10.5. The third kappa shape index (κ3) is 3.00. The van der Waals surface area contributed by atoms with Crippen molar-refractivity contribution in [2.45, 2.75) is 19.5 Å². The topological polar surface area (TPSA) is 28.2 Å². The highest BCUT2D eigenvalue weighted by Gasteiger charge is 2.17. The minimum atomic E-state index is 0.613. The molecule has 1 aromatic heterocycles. The van der Waals surface area contributed by atoms with Crippen molar-refractivity contribution >= 4 is 15.9 Å². The SMILES string of the molecule is C[C@H]1CNCCN1Cc1ccc(Br)nc1. The Kier molecular flexibility index (Phi) is 3.72. The maximum atomic E-state index is 4.24. The third-order valence-electron chi connectivity index (χ3n) is 2.81. The molecule has 0 unspecified atom stereocenters. The molecule has 2 heterocycles. The number of halogens is 1. The normalized spacial score (nSPS) is 22.9. The van der Waals surface area contributed by atoms with E-state index in [4.69, 9.17) is 0 Å². The summed E-state index contributed by atoms with van der Waals surface area (Å²) >= 11 is 3.35. The molecule has 1 N–H and O–H groups in total. The number of piperazine rings is 1. The van der Waals surface area contributed by atoms with Crippen LogP contribution in [0.1, 0.15) is 12.5 Å². The van der Waals surface area contributed by atoms with E-state index in [2.05, 4.69) is 44.1 Å². The monoisotopic (exact) mass is 269 g/mol. The van der Waals surface area contributed by atoms with Gasteiger partial charge in [0.05, 0.1) is 0 Å². The molecule has 0 aliphatic carbocycles. The number of nitrogens with one attached hydrogen (secondary N) is 1. The minimum Gasteiger partial charge on any atom is -0.314 e. The Bertz CT molecular complexity index is 312. The first-order chi connectivity index (χ1) is 7.25. The Balaban J connectivity index is 1.98. The fourth-order valence-corrected chi connectivity index (χ4v) is 2.09. The van der Waals surface area contributed by atoms with Crippen molar-refractivity contribution in [3.63, 3.8) is 0 Å². The van der Waals surface area contributed by atoms with Crippen LogP contribution in [0.3, 0.4) is 0 Å². The fourth-order valence-electron chi connectivity index (χ4n) is 1.85. The lowest BCUT2D eigenvalue weighted by Gasteiger charge is -2.33. The average Bonchev–Trinajstić information content (AvgIpc) is 2.25. The van der Waals surface area contributed by atoms with E-state index in [0.717, 1.165) is 30.8 Å². The summed E-state index contributed by atoms with van der Waals surface area (Å²) < 4.78 is 0.902. The predicted octanol–water partition coefficient (Wildman–Crippen LogP) is 1.64. The Morgan fingerprint density at radius 1 is 1.60 bits per heavy atom. The highest BCUT2D eigenvalue weighted by Crippen LogP contribution is 2.11. The number of hydrogen-bond acceptors (Lipinski definition) is 3. The third-order valence-corrected chi connectivity index (χ3v) is 3.28. The maximum absolute atomic E-state index is 4.24. The van der Waals surface area contributed by atoms with E-state index >= 15 is 0 Å². The number of aromatic nitrogens is 1. The van der Waals surface area contributed by atoms with Crippen LogP contribution in [-0.2, 0) is 6.54 Å². The molecule has 1 saturated heterocycles. The van der Waals surface area contributed by atoms with Crippen LogP contribution >= 0.6 is 15.9 Å². The summed E-state index contributed by atoms with van der Waals surface area (Å²) in [6.45, 7) is 6.57. The van der Waals surface area contributed by atoms with Gasteiger partial charge in [0.1, 0.15) is 4.60 Å². The average molecular weight is 270 g/mol. The minimum absolute atomic E-state index is 0.613. The second kappa shape index (κ2) is 5.05. The highest BCUT2D eigenvalue weighted by atomic mass is 79.9. The lowest BCUT2D eigenvalue weighted by Crippen LogP contribution is -2.49.